The highest BCUT2D eigenvalue weighted by Gasteiger charge is 2.20. The second kappa shape index (κ2) is 7.02. The van der Waals surface area contributed by atoms with Gasteiger partial charge in [-0.15, -0.1) is 15.3 Å². The number of hydrogen-bond acceptors (Lipinski definition) is 5. The molecule has 2 aromatic heterocycles. The third-order valence-corrected chi connectivity index (χ3v) is 5.78. The molecule has 130 valence electrons. The standard InChI is InChI=1S/C17H17Cl2N5S/c1-11-4-6-25-7-5-23(11)16-3-2-15-20-21-17(24(15)22-16)12-8-13(18)10-14(19)9-12/h2-3,8-11H,4-7H2,1H3. The molecule has 5 nitrogen and oxygen atoms in total. The lowest BCUT2D eigenvalue weighted by Gasteiger charge is -2.27. The van der Waals surface area contributed by atoms with Crippen molar-refractivity contribution in [3.63, 3.8) is 0 Å². The van der Waals surface area contributed by atoms with Crippen molar-refractivity contribution in [3.8, 4) is 11.4 Å². The Morgan fingerprint density at radius 1 is 1.08 bits per heavy atom. The fourth-order valence-electron chi connectivity index (χ4n) is 3.03. The molecule has 4 rings (SSSR count). The van der Waals surface area contributed by atoms with E-state index in [2.05, 4.69) is 22.0 Å². The molecule has 0 bridgehead atoms. The summed E-state index contributed by atoms with van der Waals surface area (Å²) in [5.74, 6) is 3.89. The zero-order chi connectivity index (χ0) is 17.4. The Balaban J connectivity index is 1.79. The summed E-state index contributed by atoms with van der Waals surface area (Å²) in [7, 11) is 0. The number of anilines is 1. The average Bonchev–Trinajstić information content (AvgIpc) is 2.88. The van der Waals surface area contributed by atoms with Crippen LogP contribution in [0.2, 0.25) is 10.0 Å². The second-order valence-corrected chi connectivity index (χ2v) is 8.18. The van der Waals surface area contributed by atoms with Gasteiger partial charge in [-0.1, -0.05) is 23.2 Å². The van der Waals surface area contributed by atoms with Crippen LogP contribution < -0.4 is 4.90 Å². The Kier molecular flexibility index (Phi) is 4.75. The van der Waals surface area contributed by atoms with Gasteiger partial charge >= 0.3 is 0 Å². The second-order valence-electron chi connectivity index (χ2n) is 6.09. The van der Waals surface area contributed by atoms with Gasteiger partial charge in [-0.25, -0.2) is 0 Å². The van der Waals surface area contributed by atoms with Crippen LogP contribution in [-0.2, 0) is 0 Å². The number of thioether (sulfide) groups is 1. The van der Waals surface area contributed by atoms with Crippen LogP contribution in [0.25, 0.3) is 17.0 Å². The fraction of sp³-hybridized carbons (Fsp3) is 0.353. The van der Waals surface area contributed by atoms with Crippen molar-refractivity contribution in [3.05, 3.63) is 40.4 Å². The minimum atomic E-state index is 0.459. The van der Waals surface area contributed by atoms with Crippen LogP contribution in [0.3, 0.4) is 0 Å². The molecule has 1 aliphatic rings. The predicted molar refractivity (Wildman–Crippen MR) is 105 cm³/mol. The summed E-state index contributed by atoms with van der Waals surface area (Å²) in [5, 5.41) is 14.4. The maximum atomic E-state index is 6.14. The van der Waals surface area contributed by atoms with Crippen molar-refractivity contribution in [2.75, 3.05) is 23.0 Å². The van der Waals surface area contributed by atoms with Crippen LogP contribution in [0.4, 0.5) is 5.82 Å². The van der Waals surface area contributed by atoms with E-state index in [-0.39, 0.29) is 0 Å². The smallest absolute Gasteiger partial charge is 0.185 e. The summed E-state index contributed by atoms with van der Waals surface area (Å²) < 4.78 is 1.77. The van der Waals surface area contributed by atoms with Crippen LogP contribution in [0.15, 0.2) is 30.3 Å². The lowest BCUT2D eigenvalue weighted by Crippen LogP contribution is -2.34. The molecule has 3 aromatic rings. The fourth-order valence-corrected chi connectivity index (χ4v) is 4.59. The minimum Gasteiger partial charge on any atom is -0.352 e. The maximum Gasteiger partial charge on any atom is 0.185 e. The summed E-state index contributed by atoms with van der Waals surface area (Å²) in [4.78, 5) is 2.36. The first-order valence-electron chi connectivity index (χ1n) is 8.15. The molecular weight excluding hydrogens is 377 g/mol. The van der Waals surface area contributed by atoms with E-state index in [0.29, 0.717) is 27.6 Å². The van der Waals surface area contributed by atoms with Crippen LogP contribution in [0, 0.1) is 0 Å². The number of aromatic nitrogens is 4. The molecule has 0 aliphatic carbocycles. The van der Waals surface area contributed by atoms with E-state index in [1.165, 1.54) is 5.75 Å². The Labute approximate surface area is 160 Å². The van der Waals surface area contributed by atoms with Crippen molar-refractivity contribution in [2.24, 2.45) is 0 Å². The highest BCUT2D eigenvalue weighted by atomic mass is 35.5. The molecule has 25 heavy (non-hydrogen) atoms. The van der Waals surface area contributed by atoms with Gasteiger partial charge in [-0.3, -0.25) is 0 Å². The summed E-state index contributed by atoms with van der Waals surface area (Å²) in [6.45, 7) is 3.24. The summed E-state index contributed by atoms with van der Waals surface area (Å²) >= 11 is 14.3. The molecule has 1 aliphatic heterocycles. The molecule has 1 aromatic carbocycles. The van der Waals surface area contributed by atoms with E-state index < -0.39 is 0 Å². The largest absolute Gasteiger partial charge is 0.352 e. The van der Waals surface area contributed by atoms with Gasteiger partial charge < -0.3 is 4.90 Å². The maximum absolute atomic E-state index is 6.14. The van der Waals surface area contributed by atoms with E-state index in [0.717, 1.165) is 30.1 Å². The van der Waals surface area contributed by atoms with Crippen LogP contribution in [0.5, 0.6) is 0 Å². The van der Waals surface area contributed by atoms with E-state index >= 15 is 0 Å². The van der Waals surface area contributed by atoms with Gasteiger partial charge in [0.15, 0.2) is 11.5 Å². The first kappa shape index (κ1) is 16.9. The number of halogens is 2. The summed E-state index contributed by atoms with van der Waals surface area (Å²) in [6.07, 6.45) is 1.16. The van der Waals surface area contributed by atoms with Gasteiger partial charge in [0.1, 0.15) is 5.82 Å². The van der Waals surface area contributed by atoms with Gasteiger partial charge in [0, 0.05) is 33.9 Å². The Bertz CT molecular complexity index is 893. The first-order valence-corrected chi connectivity index (χ1v) is 10.1. The van der Waals surface area contributed by atoms with Crippen molar-refractivity contribution >= 4 is 46.4 Å². The van der Waals surface area contributed by atoms with Gasteiger partial charge in [-0.05, 0) is 49.4 Å². The molecule has 1 unspecified atom stereocenters. The average molecular weight is 394 g/mol. The molecule has 0 amide bonds. The van der Waals surface area contributed by atoms with E-state index in [9.17, 15) is 0 Å². The van der Waals surface area contributed by atoms with Crippen LogP contribution in [0.1, 0.15) is 13.3 Å². The molecule has 3 heterocycles. The van der Waals surface area contributed by atoms with Gasteiger partial charge in [0.05, 0.1) is 0 Å². The Hall–Kier alpha value is -1.50. The molecule has 0 spiro atoms. The molecular formula is C17H17Cl2N5S. The van der Waals surface area contributed by atoms with Crippen LogP contribution >= 0.6 is 35.0 Å². The monoisotopic (exact) mass is 393 g/mol. The number of nitrogens with zero attached hydrogens (tertiary/aromatic N) is 5. The topological polar surface area (TPSA) is 46.3 Å². The number of fused-ring (bicyclic) bond motifs is 1. The van der Waals surface area contributed by atoms with Crippen molar-refractivity contribution in [1.82, 2.24) is 19.8 Å². The number of benzene rings is 1. The van der Waals surface area contributed by atoms with Gasteiger partial charge in [-0.2, -0.15) is 16.3 Å². The normalized spacial score (nSPS) is 18.5. The molecule has 0 N–H and O–H groups in total. The third kappa shape index (κ3) is 3.43. The summed E-state index contributed by atoms with van der Waals surface area (Å²) in [6, 6.07) is 9.78. The Morgan fingerprint density at radius 2 is 1.88 bits per heavy atom. The van der Waals surface area contributed by atoms with Crippen molar-refractivity contribution in [2.45, 2.75) is 19.4 Å². The highest BCUT2D eigenvalue weighted by Crippen LogP contribution is 2.27. The van der Waals surface area contributed by atoms with Crippen LogP contribution in [-0.4, -0.2) is 43.9 Å². The predicted octanol–water partition coefficient (Wildman–Crippen LogP) is 4.43. The number of hydrogen-bond donors (Lipinski definition) is 0. The van der Waals surface area contributed by atoms with Crippen molar-refractivity contribution < 1.29 is 0 Å². The molecule has 0 saturated carbocycles. The van der Waals surface area contributed by atoms with Gasteiger partial charge in [0.25, 0.3) is 0 Å². The third-order valence-electron chi connectivity index (χ3n) is 4.35. The highest BCUT2D eigenvalue weighted by molar-refractivity contribution is 7.99. The quantitative estimate of drug-likeness (QED) is 0.644. The zero-order valence-corrected chi connectivity index (χ0v) is 16.0. The molecule has 8 heteroatoms. The summed E-state index contributed by atoms with van der Waals surface area (Å²) in [5.41, 5.74) is 1.50. The first-order chi connectivity index (χ1) is 12.1. The Morgan fingerprint density at radius 3 is 2.68 bits per heavy atom. The van der Waals surface area contributed by atoms with E-state index in [1.807, 2.05) is 36.0 Å². The molecule has 1 atom stereocenters. The SMILES string of the molecule is CC1CCSCCN1c1ccc2nnc(-c3cc(Cl)cc(Cl)c3)n2n1. The zero-order valence-electron chi connectivity index (χ0n) is 13.7. The molecule has 0 radical (unpaired) electrons. The van der Waals surface area contributed by atoms with Crippen molar-refractivity contribution in [1.29, 1.82) is 0 Å². The lowest BCUT2D eigenvalue weighted by atomic mass is 10.2. The number of rotatable bonds is 2. The van der Waals surface area contributed by atoms with E-state index in [1.54, 1.807) is 10.6 Å². The lowest BCUT2D eigenvalue weighted by molar-refractivity contribution is 0.632. The van der Waals surface area contributed by atoms with E-state index in [4.69, 9.17) is 28.3 Å². The minimum absolute atomic E-state index is 0.459. The molecule has 1 fully saturated rings. The van der Waals surface area contributed by atoms with Gasteiger partial charge in [0.2, 0.25) is 0 Å². The molecule has 1 saturated heterocycles.